The monoisotopic (exact) mass is 209 g/mol. The third-order valence-corrected chi connectivity index (χ3v) is 2.50. The van der Waals surface area contributed by atoms with E-state index in [1.54, 1.807) is 11.9 Å². The molecular formula is C13H23NO. The quantitative estimate of drug-likeness (QED) is 0.444. The fourth-order valence-corrected chi connectivity index (χ4v) is 1.47. The third kappa shape index (κ3) is 8.05. The van der Waals surface area contributed by atoms with Gasteiger partial charge in [-0.3, -0.25) is 4.79 Å². The van der Waals surface area contributed by atoms with Crippen LogP contribution in [0.15, 0.2) is 0 Å². The van der Waals surface area contributed by atoms with Gasteiger partial charge in [0.2, 0.25) is 5.91 Å². The van der Waals surface area contributed by atoms with Crippen molar-refractivity contribution in [2.45, 2.75) is 51.9 Å². The summed E-state index contributed by atoms with van der Waals surface area (Å²) in [7, 11) is 1.76. The van der Waals surface area contributed by atoms with Crippen molar-refractivity contribution in [1.82, 2.24) is 4.90 Å². The molecule has 0 aromatic carbocycles. The van der Waals surface area contributed by atoms with Gasteiger partial charge in [-0.05, 0) is 6.42 Å². The first kappa shape index (κ1) is 14.0. The van der Waals surface area contributed by atoms with E-state index in [1.165, 1.54) is 25.7 Å². The summed E-state index contributed by atoms with van der Waals surface area (Å²) in [6.07, 6.45) is 13.1. The van der Waals surface area contributed by atoms with Gasteiger partial charge in [0, 0.05) is 13.5 Å². The van der Waals surface area contributed by atoms with Crippen molar-refractivity contribution in [3.05, 3.63) is 0 Å². The number of hydrogen-bond donors (Lipinski definition) is 0. The molecule has 1 amide bonds. The van der Waals surface area contributed by atoms with Gasteiger partial charge >= 0.3 is 0 Å². The number of carbonyl (C=O) groups is 1. The molecular weight excluding hydrogens is 186 g/mol. The fraction of sp³-hybridized carbons (Fsp3) is 0.769. The minimum absolute atomic E-state index is 0.170. The van der Waals surface area contributed by atoms with Crippen molar-refractivity contribution in [2.75, 3.05) is 13.6 Å². The molecule has 0 atom stereocenters. The van der Waals surface area contributed by atoms with Crippen LogP contribution in [0.25, 0.3) is 0 Å². The van der Waals surface area contributed by atoms with E-state index in [2.05, 4.69) is 12.8 Å². The van der Waals surface area contributed by atoms with Gasteiger partial charge in [-0.15, -0.1) is 6.42 Å². The standard InChI is InChI=1S/C13H23NO/c1-4-6-7-8-9-10-11-13(15)14(3)12-5-2/h2H,4,6-12H2,1,3H3. The van der Waals surface area contributed by atoms with Crippen molar-refractivity contribution in [1.29, 1.82) is 0 Å². The second kappa shape index (κ2) is 9.58. The zero-order chi connectivity index (χ0) is 11.5. The van der Waals surface area contributed by atoms with E-state index in [0.29, 0.717) is 13.0 Å². The highest BCUT2D eigenvalue weighted by Crippen LogP contribution is 2.07. The average molecular weight is 209 g/mol. The van der Waals surface area contributed by atoms with E-state index in [9.17, 15) is 4.79 Å². The molecule has 2 nitrogen and oxygen atoms in total. The maximum atomic E-state index is 11.5. The van der Waals surface area contributed by atoms with Gasteiger partial charge in [-0.2, -0.15) is 0 Å². The van der Waals surface area contributed by atoms with E-state index in [4.69, 9.17) is 6.42 Å². The first-order valence-electron chi connectivity index (χ1n) is 5.89. The summed E-state index contributed by atoms with van der Waals surface area (Å²) in [6, 6.07) is 0. The second-order valence-electron chi connectivity index (χ2n) is 3.97. The Balaban J connectivity index is 3.35. The van der Waals surface area contributed by atoms with Gasteiger partial charge in [0.05, 0.1) is 6.54 Å². The Kier molecular flexibility index (Phi) is 8.96. The van der Waals surface area contributed by atoms with Crippen LogP contribution in [0.2, 0.25) is 0 Å². The lowest BCUT2D eigenvalue weighted by molar-refractivity contribution is -0.129. The lowest BCUT2D eigenvalue weighted by Gasteiger charge is -2.13. The molecule has 0 radical (unpaired) electrons. The molecule has 0 saturated heterocycles. The molecule has 0 rings (SSSR count). The Bertz CT molecular complexity index is 205. The van der Waals surface area contributed by atoms with Crippen molar-refractivity contribution >= 4 is 5.91 Å². The Morgan fingerprint density at radius 2 is 1.80 bits per heavy atom. The number of carbonyl (C=O) groups excluding carboxylic acids is 1. The van der Waals surface area contributed by atoms with Crippen molar-refractivity contribution in [2.24, 2.45) is 0 Å². The van der Waals surface area contributed by atoms with Gasteiger partial charge < -0.3 is 4.90 Å². The molecule has 86 valence electrons. The zero-order valence-corrected chi connectivity index (χ0v) is 10.1. The van der Waals surface area contributed by atoms with Crippen molar-refractivity contribution in [3.63, 3.8) is 0 Å². The normalized spacial score (nSPS) is 9.67. The fourth-order valence-electron chi connectivity index (χ4n) is 1.47. The van der Waals surface area contributed by atoms with Crippen molar-refractivity contribution in [3.8, 4) is 12.3 Å². The zero-order valence-electron chi connectivity index (χ0n) is 10.1. The Morgan fingerprint density at radius 3 is 2.40 bits per heavy atom. The maximum Gasteiger partial charge on any atom is 0.223 e. The molecule has 0 spiro atoms. The molecule has 0 aromatic heterocycles. The van der Waals surface area contributed by atoms with Crippen LogP contribution in [0.4, 0.5) is 0 Å². The van der Waals surface area contributed by atoms with E-state index in [-0.39, 0.29) is 5.91 Å². The highest BCUT2D eigenvalue weighted by atomic mass is 16.2. The average Bonchev–Trinajstić information content (AvgIpc) is 2.23. The number of amides is 1. The number of nitrogens with zero attached hydrogens (tertiary/aromatic N) is 1. The van der Waals surface area contributed by atoms with Crippen LogP contribution >= 0.6 is 0 Å². The van der Waals surface area contributed by atoms with E-state index in [1.807, 2.05) is 0 Å². The minimum Gasteiger partial charge on any atom is -0.335 e. The van der Waals surface area contributed by atoms with E-state index in [0.717, 1.165) is 12.8 Å². The molecule has 0 heterocycles. The maximum absolute atomic E-state index is 11.5. The van der Waals surface area contributed by atoms with Gasteiger partial charge in [0.1, 0.15) is 0 Å². The van der Waals surface area contributed by atoms with Gasteiger partial charge in [-0.25, -0.2) is 0 Å². The molecule has 0 saturated carbocycles. The van der Waals surface area contributed by atoms with Gasteiger partial charge in [-0.1, -0.05) is 44.9 Å². The third-order valence-electron chi connectivity index (χ3n) is 2.50. The van der Waals surface area contributed by atoms with Crippen LogP contribution in [-0.2, 0) is 4.79 Å². The summed E-state index contributed by atoms with van der Waals surface area (Å²) in [5, 5.41) is 0. The first-order valence-corrected chi connectivity index (χ1v) is 5.89. The Morgan fingerprint density at radius 1 is 1.20 bits per heavy atom. The summed E-state index contributed by atoms with van der Waals surface area (Å²) >= 11 is 0. The smallest absolute Gasteiger partial charge is 0.223 e. The summed E-state index contributed by atoms with van der Waals surface area (Å²) in [5.41, 5.74) is 0. The summed E-state index contributed by atoms with van der Waals surface area (Å²) < 4.78 is 0. The summed E-state index contributed by atoms with van der Waals surface area (Å²) in [5.74, 6) is 2.64. The van der Waals surface area contributed by atoms with Gasteiger partial charge in [0.15, 0.2) is 0 Å². The number of hydrogen-bond acceptors (Lipinski definition) is 1. The summed E-state index contributed by atoms with van der Waals surface area (Å²) in [6.45, 7) is 2.63. The Labute approximate surface area is 94.0 Å². The molecule has 0 aromatic rings. The van der Waals surface area contributed by atoms with Crippen LogP contribution in [0.1, 0.15) is 51.9 Å². The topological polar surface area (TPSA) is 20.3 Å². The molecule has 0 unspecified atom stereocenters. The van der Waals surface area contributed by atoms with Crippen LogP contribution < -0.4 is 0 Å². The molecule has 0 aliphatic heterocycles. The number of unbranched alkanes of at least 4 members (excludes halogenated alkanes) is 5. The first-order chi connectivity index (χ1) is 7.22. The highest BCUT2D eigenvalue weighted by Gasteiger charge is 2.05. The molecule has 0 bridgehead atoms. The van der Waals surface area contributed by atoms with Crippen LogP contribution in [0.3, 0.4) is 0 Å². The predicted molar refractivity (Wildman–Crippen MR) is 64.5 cm³/mol. The highest BCUT2D eigenvalue weighted by molar-refractivity contribution is 5.76. The second-order valence-corrected chi connectivity index (χ2v) is 3.97. The van der Waals surface area contributed by atoms with Crippen LogP contribution in [0.5, 0.6) is 0 Å². The van der Waals surface area contributed by atoms with Gasteiger partial charge in [0.25, 0.3) is 0 Å². The van der Waals surface area contributed by atoms with Crippen LogP contribution in [0, 0.1) is 12.3 Å². The molecule has 0 fully saturated rings. The Hall–Kier alpha value is -0.970. The summed E-state index contributed by atoms with van der Waals surface area (Å²) in [4.78, 5) is 13.1. The molecule has 2 heteroatoms. The molecule has 0 aliphatic carbocycles. The number of rotatable bonds is 8. The van der Waals surface area contributed by atoms with E-state index >= 15 is 0 Å². The van der Waals surface area contributed by atoms with Crippen molar-refractivity contribution < 1.29 is 4.79 Å². The van der Waals surface area contributed by atoms with Crippen LogP contribution in [-0.4, -0.2) is 24.4 Å². The predicted octanol–water partition coefficient (Wildman–Crippen LogP) is 2.83. The van der Waals surface area contributed by atoms with E-state index < -0.39 is 0 Å². The lowest BCUT2D eigenvalue weighted by Crippen LogP contribution is -2.26. The SMILES string of the molecule is C#CCN(C)C(=O)CCCCCCCC. The largest absolute Gasteiger partial charge is 0.335 e. The molecule has 0 N–H and O–H groups in total. The molecule has 0 aliphatic rings. The lowest BCUT2D eigenvalue weighted by atomic mass is 10.1. The number of terminal acetylenes is 1. The molecule has 15 heavy (non-hydrogen) atoms. The minimum atomic E-state index is 0.170.